The van der Waals surface area contributed by atoms with Crippen molar-refractivity contribution in [1.82, 2.24) is 10.3 Å². The van der Waals surface area contributed by atoms with Gasteiger partial charge in [-0.15, -0.1) is 0 Å². The standard InChI is InChI=1S/C13H16N2O5/c1-7(16)8-3-9(14-4-8)11(17)15-10-5-20-6-13(10,2)12(18)19/h3-4,10,14H,5-6H2,1-2H3,(H,15,17)(H,18,19). The Kier molecular flexibility index (Phi) is 3.63. The summed E-state index contributed by atoms with van der Waals surface area (Å²) < 4.78 is 5.15. The van der Waals surface area contributed by atoms with Gasteiger partial charge in [0.25, 0.3) is 5.91 Å². The minimum absolute atomic E-state index is 0.0523. The number of rotatable bonds is 4. The van der Waals surface area contributed by atoms with Gasteiger partial charge >= 0.3 is 5.97 Å². The first-order valence-corrected chi connectivity index (χ1v) is 6.16. The Labute approximate surface area is 115 Å². The van der Waals surface area contributed by atoms with E-state index in [0.29, 0.717) is 5.56 Å². The summed E-state index contributed by atoms with van der Waals surface area (Å²) in [4.78, 5) is 37.2. The van der Waals surface area contributed by atoms with Gasteiger partial charge < -0.3 is 20.1 Å². The number of aromatic amines is 1. The van der Waals surface area contributed by atoms with Gasteiger partial charge in [0.05, 0.1) is 19.3 Å². The zero-order valence-electron chi connectivity index (χ0n) is 11.2. The molecule has 2 atom stereocenters. The fraction of sp³-hybridized carbons (Fsp3) is 0.462. The van der Waals surface area contributed by atoms with E-state index in [1.165, 1.54) is 26.1 Å². The molecule has 0 saturated carbocycles. The number of carbonyl (C=O) groups is 3. The van der Waals surface area contributed by atoms with Crippen LogP contribution in [0.3, 0.4) is 0 Å². The second-order valence-corrected chi connectivity index (χ2v) is 5.12. The maximum Gasteiger partial charge on any atom is 0.313 e. The molecular weight excluding hydrogens is 264 g/mol. The van der Waals surface area contributed by atoms with Crippen molar-refractivity contribution in [2.24, 2.45) is 5.41 Å². The molecular formula is C13H16N2O5. The monoisotopic (exact) mass is 280 g/mol. The summed E-state index contributed by atoms with van der Waals surface area (Å²) >= 11 is 0. The van der Waals surface area contributed by atoms with Crippen molar-refractivity contribution in [3.63, 3.8) is 0 Å². The smallest absolute Gasteiger partial charge is 0.313 e. The number of carboxylic acid groups (broad SMARTS) is 1. The molecule has 1 amide bonds. The first-order chi connectivity index (χ1) is 9.34. The fourth-order valence-corrected chi connectivity index (χ4v) is 2.05. The average Bonchev–Trinajstić information content (AvgIpc) is 2.98. The Morgan fingerprint density at radius 2 is 2.20 bits per heavy atom. The molecule has 0 spiro atoms. The van der Waals surface area contributed by atoms with Gasteiger partial charge in [-0.2, -0.15) is 0 Å². The molecule has 2 rings (SSSR count). The number of aromatic nitrogens is 1. The second-order valence-electron chi connectivity index (χ2n) is 5.12. The molecule has 2 unspecified atom stereocenters. The van der Waals surface area contributed by atoms with Crippen molar-refractivity contribution in [1.29, 1.82) is 0 Å². The number of H-pyrrole nitrogens is 1. The van der Waals surface area contributed by atoms with Crippen LogP contribution in [0.15, 0.2) is 12.3 Å². The Morgan fingerprint density at radius 3 is 2.75 bits per heavy atom. The first kappa shape index (κ1) is 14.3. The third-order valence-electron chi connectivity index (χ3n) is 3.58. The molecule has 7 heteroatoms. The molecule has 1 saturated heterocycles. The van der Waals surface area contributed by atoms with Crippen LogP contribution >= 0.6 is 0 Å². The van der Waals surface area contributed by atoms with Gasteiger partial charge in [0.15, 0.2) is 5.78 Å². The number of hydrogen-bond donors (Lipinski definition) is 3. The highest BCUT2D eigenvalue weighted by Crippen LogP contribution is 2.28. The first-order valence-electron chi connectivity index (χ1n) is 6.16. The van der Waals surface area contributed by atoms with E-state index in [1.54, 1.807) is 0 Å². The van der Waals surface area contributed by atoms with E-state index in [0.717, 1.165) is 0 Å². The van der Waals surface area contributed by atoms with Gasteiger partial charge in [-0.1, -0.05) is 0 Å². The Hall–Kier alpha value is -2.15. The summed E-state index contributed by atoms with van der Waals surface area (Å²) in [6.45, 7) is 3.13. The quantitative estimate of drug-likeness (QED) is 0.693. The van der Waals surface area contributed by atoms with E-state index in [-0.39, 0.29) is 24.7 Å². The molecule has 0 radical (unpaired) electrons. The largest absolute Gasteiger partial charge is 0.481 e. The average molecular weight is 280 g/mol. The predicted octanol–water partition coefficient (Wildman–Crippen LogP) is 0.437. The lowest BCUT2D eigenvalue weighted by atomic mass is 9.85. The number of hydrogen-bond acceptors (Lipinski definition) is 4. The topological polar surface area (TPSA) is 108 Å². The van der Waals surface area contributed by atoms with Crippen LogP contribution in [0.5, 0.6) is 0 Å². The SMILES string of the molecule is CC(=O)c1c[nH]c(C(=O)NC2COCC2(C)C(=O)O)c1. The molecule has 0 bridgehead atoms. The number of ketones is 1. The number of Topliss-reactive ketones (excluding diaryl/α,β-unsaturated/α-hetero) is 1. The molecule has 3 N–H and O–H groups in total. The number of carbonyl (C=O) groups excluding carboxylic acids is 2. The van der Waals surface area contributed by atoms with Gasteiger partial charge in [-0.25, -0.2) is 0 Å². The maximum absolute atomic E-state index is 12.0. The summed E-state index contributed by atoms with van der Waals surface area (Å²) in [7, 11) is 0. The lowest BCUT2D eigenvalue weighted by Gasteiger charge is -2.25. The van der Waals surface area contributed by atoms with Crippen LogP contribution in [0.2, 0.25) is 0 Å². The van der Waals surface area contributed by atoms with E-state index < -0.39 is 23.3 Å². The van der Waals surface area contributed by atoms with Crippen molar-refractivity contribution in [3.8, 4) is 0 Å². The summed E-state index contributed by atoms with van der Waals surface area (Å²) in [5.74, 6) is -1.63. The summed E-state index contributed by atoms with van der Waals surface area (Å²) in [5, 5.41) is 11.9. The third kappa shape index (κ3) is 2.44. The summed E-state index contributed by atoms with van der Waals surface area (Å²) in [6.07, 6.45) is 1.44. The molecule has 2 heterocycles. The molecule has 1 aliphatic rings. The van der Waals surface area contributed by atoms with E-state index >= 15 is 0 Å². The number of nitrogens with one attached hydrogen (secondary N) is 2. The van der Waals surface area contributed by atoms with Crippen molar-refractivity contribution in [3.05, 3.63) is 23.5 Å². The molecule has 0 aliphatic carbocycles. The molecule has 1 fully saturated rings. The Balaban J connectivity index is 2.11. The molecule has 1 aliphatic heterocycles. The van der Waals surface area contributed by atoms with Crippen LogP contribution in [0, 0.1) is 5.41 Å². The van der Waals surface area contributed by atoms with E-state index in [9.17, 15) is 19.5 Å². The van der Waals surface area contributed by atoms with Crippen molar-refractivity contribution in [2.75, 3.05) is 13.2 Å². The minimum Gasteiger partial charge on any atom is -0.481 e. The number of amides is 1. The Morgan fingerprint density at radius 1 is 1.50 bits per heavy atom. The van der Waals surface area contributed by atoms with Crippen LogP contribution in [0.4, 0.5) is 0 Å². The number of aliphatic carboxylic acids is 1. The zero-order chi connectivity index (χ0) is 14.9. The van der Waals surface area contributed by atoms with Crippen molar-refractivity contribution < 1.29 is 24.2 Å². The molecule has 1 aromatic heterocycles. The second kappa shape index (κ2) is 5.09. The Bertz CT molecular complexity index is 565. The lowest BCUT2D eigenvalue weighted by molar-refractivity contribution is -0.148. The molecule has 0 aromatic carbocycles. The maximum atomic E-state index is 12.0. The molecule has 20 heavy (non-hydrogen) atoms. The lowest BCUT2D eigenvalue weighted by Crippen LogP contribution is -2.49. The number of carboxylic acids is 1. The summed E-state index contributed by atoms with van der Waals surface area (Å²) in [6, 6.07) is 0.822. The van der Waals surface area contributed by atoms with E-state index in [4.69, 9.17) is 4.74 Å². The van der Waals surface area contributed by atoms with Crippen LogP contribution in [0.25, 0.3) is 0 Å². The van der Waals surface area contributed by atoms with E-state index in [1.807, 2.05) is 0 Å². The van der Waals surface area contributed by atoms with Crippen LogP contribution in [-0.2, 0) is 9.53 Å². The molecule has 1 aromatic rings. The van der Waals surface area contributed by atoms with Gasteiger partial charge in [0, 0.05) is 11.8 Å². The van der Waals surface area contributed by atoms with E-state index in [2.05, 4.69) is 10.3 Å². The normalized spacial score (nSPS) is 25.4. The molecule has 108 valence electrons. The highest BCUT2D eigenvalue weighted by molar-refractivity contribution is 5.99. The van der Waals surface area contributed by atoms with Crippen molar-refractivity contribution >= 4 is 17.7 Å². The zero-order valence-corrected chi connectivity index (χ0v) is 11.2. The van der Waals surface area contributed by atoms with Crippen LogP contribution in [-0.4, -0.2) is 47.0 Å². The fourth-order valence-electron chi connectivity index (χ4n) is 2.05. The van der Waals surface area contributed by atoms with Gasteiger partial charge in [0.2, 0.25) is 0 Å². The minimum atomic E-state index is -1.15. The van der Waals surface area contributed by atoms with Gasteiger partial charge in [-0.3, -0.25) is 14.4 Å². The predicted molar refractivity (Wildman–Crippen MR) is 68.6 cm³/mol. The molecule has 7 nitrogen and oxygen atoms in total. The van der Waals surface area contributed by atoms with Crippen LogP contribution in [0.1, 0.15) is 34.7 Å². The van der Waals surface area contributed by atoms with Gasteiger partial charge in [0.1, 0.15) is 11.1 Å². The summed E-state index contributed by atoms with van der Waals surface area (Å²) in [5.41, 5.74) is -0.528. The highest BCUT2D eigenvalue weighted by atomic mass is 16.5. The van der Waals surface area contributed by atoms with Gasteiger partial charge in [-0.05, 0) is 19.9 Å². The highest BCUT2D eigenvalue weighted by Gasteiger charge is 2.47. The van der Waals surface area contributed by atoms with Crippen molar-refractivity contribution in [2.45, 2.75) is 19.9 Å². The van der Waals surface area contributed by atoms with Crippen LogP contribution < -0.4 is 5.32 Å². The number of ether oxygens (including phenoxy) is 1. The third-order valence-corrected chi connectivity index (χ3v) is 3.58.